The van der Waals surface area contributed by atoms with Gasteiger partial charge >= 0.3 is 7.12 Å². The number of amides is 1. The largest absolute Gasteiger partial charge is 0.475 e. The molecule has 1 atom stereocenters. The lowest BCUT2D eigenvalue weighted by Crippen LogP contribution is -2.47. The minimum absolute atomic E-state index is 0.0712. The molecule has 1 saturated heterocycles. The first kappa shape index (κ1) is 10.5. The number of likely N-dealkylation sites (tertiary alicyclic amines) is 1. The van der Waals surface area contributed by atoms with Crippen molar-refractivity contribution in [3.05, 3.63) is 0 Å². The van der Waals surface area contributed by atoms with Crippen LogP contribution in [-0.4, -0.2) is 54.1 Å². The van der Waals surface area contributed by atoms with Crippen molar-refractivity contribution in [2.24, 2.45) is 0 Å². The Hall–Kier alpha value is -0.585. The average Bonchev–Trinajstić information content (AvgIpc) is 2.52. The molecule has 0 radical (unpaired) electrons. The molecule has 0 saturated carbocycles. The van der Waals surface area contributed by atoms with E-state index in [0.717, 1.165) is 6.42 Å². The molecule has 1 amide bonds. The molecule has 13 heavy (non-hydrogen) atoms. The van der Waals surface area contributed by atoms with Crippen molar-refractivity contribution < 1.29 is 14.8 Å². The Morgan fingerprint density at radius 2 is 2.38 bits per heavy atom. The van der Waals surface area contributed by atoms with Crippen LogP contribution in [0.3, 0.4) is 0 Å². The number of hydrogen-bond donors (Lipinski definition) is 3. The zero-order valence-electron chi connectivity index (χ0n) is 7.73. The molecule has 1 rings (SSSR count). The lowest BCUT2D eigenvalue weighted by atomic mass is 9.78. The fraction of sp³-hybridized carbons (Fsp3) is 0.857. The summed E-state index contributed by atoms with van der Waals surface area (Å²) in [5.74, 6) is -0.487. The Morgan fingerprint density at radius 1 is 1.69 bits per heavy atom. The summed E-state index contributed by atoms with van der Waals surface area (Å²) in [6, 6.07) is 0. The van der Waals surface area contributed by atoms with E-state index in [9.17, 15) is 4.79 Å². The normalized spacial score (nSPS) is 22.1. The van der Waals surface area contributed by atoms with Crippen molar-refractivity contribution in [2.75, 3.05) is 20.1 Å². The third kappa shape index (κ3) is 2.43. The van der Waals surface area contributed by atoms with Gasteiger partial charge in [0.2, 0.25) is 5.91 Å². The molecular formula is C7H15BN2O3. The van der Waals surface area contributed by atoms with Gasteiger partial charge in [0.25, 0.3) is 0 Å². The van der Waals surface area contributed by atoms with Gasteiger partial charge in [0, 0.05) is 6.54 Å². The van der Waals surface area contributed by atoms with Crippen molar-refractivity contribution in [2.45, 2.75) is 18.8 Å². The van der Waals surface area contributed by atoms with E-state index >= 15 is 0 Å². The first-order valence-electron chi connectivity index (χ1n) is 4.47. The SMILES string of the molecule is CNCC(=O)N1CCCC1B(O)O. The van der Waals surface area contributed by atoms with Gasteiger partial charge in [0.05, 0.1) is 12.5 Å². The number of carbonyl (C=O) groups excluding carboxylic acids is 1. The molecule has 0 aromatic rings. The molecule has 5 nitrogen and oxygen atoms in total. The number of likely N-dealkylation sites (N-methyl/N-ethyl adjacent to an activating group) is 1. The van der Waals surface area contributed by atoms with Crippen LogP contribution in [0.2, 0.25) is 0 Å². The summed E-state index contributed by atoms with van der Waals surface area (Å²) in [5.41, 5.74) is 0. The van der Waals surface area contributed by atoms with Crippen molar-refractivity contribution >= 4 is 13.0 Å². The molecule has 74 valence electrons. The van der Waals surface area contributed by atoms with Crippen LogP contribution < -0.4 is 5.32 Å². The van der Waals surface area contributed by atoms with Crippen LogP contribution in [0, 0.1) is 0 Å². The maximum atomic E-state index is 11.4. The van der Waals surface area contributed by atoms with Crippen LogP contribution in [0.1, 0.15) is 12.8 Å². The van der Waals surface area contributed by atoms with Crippen molar-refractivity contribution in [3.63, 3.8) is 0 Å². The number of nitrogens with zero attached hydrogens (tertiary/aromatic N) is 1. The van der Waals surface area contributed by atoms with E-state index in [-0.39, 0.29) is 12.5 Å². The Kier molecular flexibility index (Phi) is 3.71. The summed E-state index contributed by atoms with van der Waals surface area (Å²) in [5, 5.41) is 20.7. The summed E-state index contributed by atoms with van der Waals surface area (Å²) in [6.45, 7) is 0.881. The van der Waals surface area contributed by atoms with Crippen LogP contribution in [-0.2, 0) is 4.79 Å². The van der Waals surface area contributed by atoms with E-state index in [2.05, 4.69) is 5.32 Å². The minimum atomic E-state index is -1.41. The highest BCUT2D eigenvalue weighted by atomic mass is 16.4. The van der Waals surface area contributed by atoms with E-state index < -0.39 is 13.1 Å². The molecule has 0 spiro atoms. The molecule has 1 fully saturated rings. The zero-order valence-corrected chi connectivity index (χ0v) is 7.73. The number of nitrogens with one attached hydrogen (secondary N) is 1. The molecule has 6 heteroatoms. The Morgan fingerprint density at radius 3 is 2.92 bits per heavy atom. The number of carbonyl (C=O) groups is 1. The second-order valence-electron chi connectivity index (χ2n) is 3.24. The molecule has 1 aliphatic heterocycles. The van der Waals surface area contributed by atoms with Crippen molar-refractivity contribution in [1.29, 1.82) is 0 Å². The van der Waals surface area contributed by atoms with Gasteiger partial charge in [-0.15, -0.1) is 0 Å². The van der Waals surface area contributed by atoms with Gasteiger partial charge in [0.15, 0.2) is 0 Å². The lowest BCUT2D eigenvalue weighted by molar-refractivity contribution is -0.130. The molecule has 0 aromatic heterocycles. The first-order valence-corrected chi connectivity index (χ1v) is 4.47. The quantitative estimate of drug-likeness (QED) is 0.455. The van der Waals surface area contributed by atoms with Gasteiger partial charge < -0.3 is 20.3 Å². The van der Waals surface area contributed by atoms with Gasteiger partial charge in [-0.2, -0.15) is 0 Å². The summed E-state index contributed by atoms with van der Waals surface area (Å²) < 4.78 is 0. The minimum Gasteiger partial charge on any atom is -0.426 e. The van der Waals surface area contributed by atoms with Crippen LogP contribution in [0.25, 0.3) is 0 Å². The van der Waals surface area contributed by atoms with E-state index in [1.165, 1.54) is 4.90 Å². The highest BCUT2D eigenvalue weighted by Gasteiger charge is 2.36. The Bertz CT molecular complexity index is 189. The second kappa shape index (κ2) is 4.60. The topological polar surface area (TPSA) is 72.8 Å². The molecule has 3 N–H and O–H groups in total. The van der Waals surface area contributed by atoms with Crippen LogP contribution in [0.4, 0.5) is 0 Å². The summed E-state index contributed by atoms with van der Waals surface area (Å²) >= 11 is 0. The van der Waals surface area contributed by atoms with Crippen LogP contribution in [0.15, 0.2) is 0 Å². The summed E-state index contributed by atoms with van der Waals surface area (Å²) in [4.78, 5) is 12.9. The first-order chi connectivity index (χ1) is 6.16. The maximum Gasteiger partial charge on any atom is 0.475 e. The summed E-state index contributed by atoms with van der Waals surface area (Å²) in [7, 11) is 0.279. The van der Waals surface area contributed by atoms with Crippen LogP contribution >= 0.6 is 0 Å². The van der Waals surface area contributed by atoms with Gasteiger partial charge in [-0.3, -0.25) is 4.79 Å². The second-order valence-corrected chi connectivity index (χ2v) is 3.24. The smallest absolute Gasteiger partial charge is 0.426 e. The van der Waals surface area contributed by atoms with Gasteiger partial charge in [0.1, 0.15) is 0 Å². The third-order valence-corrected chi connectivity index (χ3v) is 2.29. The fourth-order valence-corrected chi connectivity index (χ4v) is 1.66. The highest BCUT2D eigenvalue weighted by molar-refractivity contribution is 6.43. The maximum absolute atomic E-state index is 11.4. The fourth-order valence-electron chi connectivity index (χ4n) is 1.66. The molecule has 0 aliphatic carbocycles. The van der Waals surface area contributed by atoms with E-state index in [1.54, 1.807) is 7.05 Å². The predicted octanol–water partition coefficient (Wildman–Crippen LogP) is -1.79. The third-order valence-electron chi connectivity index (χ3n) is 2.29. The van der Waals surface area contributed by atoms with E-state index in [4.69, 9.17) is 10.0 Å². The summed E-state index contributed by atoms with van der Waals surface area (Å²) in [6.07, 6.45) is 1.52. The molecule has 1 heterocycles. The average molecular weight is 186 g/mol. The predicted molar refractivity (Wildman–Crippen MR) is 48.9 cm³/mol. The van der Waals surface area contributed by atoms with Gasteiger partial charge in [-0.25, -0.2) is 0 Å². The van der Waals surface area contributed by atoms with Gasteiger partial charge in [-0.05, 0) is 19.9 Å². The zero-order chi connectivity index (χ0) is 9.84. The monoisotopic (exact) mass is 186 g/mol. The number of hydrogen-bond acceptors (Lipinski definition) is 4. The molecular weight excluding hydrogens is 171 g/mol. The van der Waals surface area contributed by atoms with E-state index in [1.807, 2.05) is 0 Å². The molecule has 0 bridgehead atoms. The van der Waals surface area contributed by atoms with E-state index in [0.29, 0.717) is 13.0 Å². The van der Waals surface area contributed by atoms with Crippen molar-refractivity contribution in [3.8, 4) is 0 Å². The van der Waals surface area contributed by atoms with Crippen LogP contribution in [0.5, 0.6) is 0 Å². The Balaban J connectivity index is 2.52. The molecule has 1 unspecified atom stereocenters. The molecule has 0 aromatic carbocycles. The molecule has 1 aliphatic rings. The number of rotatable bonds is 3. The lowest BCUT2D eigenvalue weighted by Gasteiger charge is -2.23. The highest BCUT2D eigenvalue weighted by Crippen LogP contribution is 2.17. The Labute approximate surface area is 77.9 Å². The van der Waals surface area contributed by atoms with Crippen molar-refractivity contribution in [1.82, 2.24) is 10.2 Å². The van der Waals surface area contributed by atoms with Gasteiger partial charge in [-0.1, -0.05) is 0 Å². The standard InChI is InChI=1S/C7H15BN2O3/c1-9-5-7(11)10-4-2-3-6(10)8(12)13/h6,9,12-13H,2-5H2,1H3.